The van der Waals surface area contributed by atoms with Crippen molar-refractivity contribution in [1.29, 1.82) is 0 Å². The third-order valence-electron chi connectivity index (χ3n) is 3.94. The van der Waals surface area contributed by atoms with Crippen molar-refractivity contribution in [2.45, 2.75) is 31.0 Å². The molecule has 0 spiro atoms. The zero-order valence-electron chi connectivity index (χ0n) is 14.4. The Kier molecular flexibility index (Phi) is 5.48. The van der Waals surface area contributed by atoms with Gasteiger partial charge in [-0.25, -0.2) is 8.42 Å². The monoisotopic (exact) mass is 450 g/mol. The molecule has 5 nitrogen and oxygen atoms in total. The molecule has 1 heterocycles. The molecule has 0 amide bonds. The number of aromatic nitrogens is 1. The molecule has 28 heavy (non-hydrogen) atoms. The minimum absolute atomic E-state index is 0.170. The third-order valence-corrected chi connectivity index (χ3v) is 6.57. The Morgan fingerprint density at radius 3 is 2.54 bits per heavy atom. The Morgan fingerprint density at radius 2 is 1.89 bits per heavy atom. The second-order valence-electron chi connectivity index (χ2n) is 5.95. The normalized spacial score (nSPS) is 12.5. The molecule has 0 aliphatic rings. The third kappa shape index (κ3) is 4.03. The van der Waals surface area contributed by atoms with E-state index in [4.69, 9.17) is 11.6 Å². The van der Waals surface area contributed by atoms with Crippen LogP contribution in [0.2, 0.25) is 5.02 Å². The van der Waals surface area contributed by atoms with Gasteiger partial charge in [0.25, 0.3) is 10.0 Å². The maximum Gasteiger partial charge on any atom is 0.416 e. The van der Waals surface area contributed by atoms with Gasteiger partial charge in [-0.15, -0.1) is 0 Å². The zero-order valence-corrected chi connectivity index (χ0v) is 16.8. The molecule has 1 aromatic heterocycles. The van der Waals surface area contributed by atoms with Crippen molar-refractivity contribution in [3.05, 3.63) is 56.7 Å². The Hall–Kier alpha value is -2.04. The maximum absolute atomic E-state index is 12.9. The number of anilines is 1. The van der Waals surface area contributed by atoms with Gasteiger partial charge in [-0.2, -0.15) is 13.2 Å². The molecule has 11 heteroatoms. The lowest BCUT2D eigenvalue weighted by Gasteiger charge is -2.13. The first-order valence-corrected chi connectivity index (χ1v) is 10.7. The lowest BCUT2D eigenvalue weighted by molar-refractivity contribution is -0.137. The minimum atomic E-state index is -4.64. The van der Waals surface area contributed by atoms with Crippen LogP contribution in [0.15, 0.2) is 46.1 Å². The summed E-state index contributed by atoms with van der Waals surface area (Å²) >= 11 is 6.76. The molecule has 1 N–H and O–H groups in total. The van der Waals surface area contributed by atoms with Crippen molar-refractivity contribution < 1.29 is 21.6 Å². The number of rotatable bonds is 5. The van der Waals surface area contributed by atoms with Gasteiger partial charge in [-0.1, -0.05) is 29.9 Å². The predicted molar refractivity (Wildman–Crippen MR) is 104 cm³/mol. The van der Waals surface area contributed by atoms with Crippen molar-refractivity contribution in [2.24, 2.45) is 0 Å². The van der Waals surface area contributed by atoms with E-state index in [-0.39, 0.29) is 20.5 Å². The van der Waals surface area contributed by atoms with Gasteiger partial charge in [0.2, 0.25) is 0 Å². The van der Waals surface area contributed by atoms with Crippen LogP contribution < -0.4 is 9.60 Å². The molecule has 0 unspecified atom stereocenters. The lowest BCUT2D eigenvalue weighted by Crippen LogP contribution is -2.14. The van der Waals surface area contributed by atoms with Crippen LogP contribution >= 0.6 is 22.9 Å². The standard InChI is InChI=1S/C17H14ClF3N2O3S2/c1-2-7-23-14-6-4-11(9-15(14)27-16(23)24)28(25,26)22-13-8-10(17(19,20)21)3-5-12(13)18/h3-6,8-9,22H,2,7H2,1H3. The van der Waals surface area contributed by atoms with Gasteiger partial charge >= 0.3 is 11.0 Å². The molecule has 3 rings (SSSR count). The summed E-state index contributed by atoms with van der Waals surface area (Å²) in [5, 5.41) is -0.170. The molecule has 0 bridgehead atoms. The number of nitrogens with zero attached hydrogens (tertiary/aromatic N) is 1. The van der Waals surface area contributed by atoms with Gasteiger partial charge in [0.05, 0.1) is 31.4 Å². The second-order valence-corrected chi connectivity index (χ2v) is 9.03. The highest BCUT2D eigenvalue weighted by Crippen LogP contribution is 2.35. The SMILES string of the molecule is CCCn1c(=O)sc2cc(S(=O)(=O)Nc3cc(C(F)(F)F)ccc3Cl)ccc21. The molecule has 0 saturated heterocycles. The summed E-state index contributed by atoms with van der Waals surface area (Å²) in [6.07, 6.45) is -3.90. The van der Waals surface area contributed by atoms with Crippen LogP contribution in [0.25, 0.3) is 10.2 Å². The molecular weight excluding hydrogens is 437 g/mol. The molecule has 0 fully saturated rings. The number of sulfonamides is 1. The molecular formula is C17H14ClF3N2O3S2. The first kappa shape index (κ1) is 20.7. The predicted octanol–water partition coefficient (Wildman–Crippen LogP) is 4.95. The van der Waals surface area contributed by atoms with Crippen molar-refractivity contribution in [3.8, 4) is 0 Å². The van der Waals surface area contributed by atoms with E-state index in [2.05, 4.69) is 4.72 Å². The summed E-state index contributed by atoms with van der Waals surface area (Å²) in [7, 11) is -4.21. The average molecular weight is 451 g/mol. The van der Waals surface area contributed by atoms with Crippen LogP contribution in [-0.4, -0.2) is 13.0 Å². The summed E-state index contributed by atoms with van der Waals surface area (Å²) in [4.78, 5) is 11.7. The molecule has 0 aliphatic carbocycles. The van der Waals surface area contributed by atoms with Gasteiger partial charge in [-0.3, -0.25) is 14.1 Å². The van der Waals surface area contributed by atoms with E-state index in [1.165, 1.54) is 18.2 Å². The molecule has 0 saturated carbocycles. The molecule has 0 radical (unpaired) electrons. The van der Waals surface area contributed by atoms with Crippen LogP contribution in [0.5, 0.6) is 0 Å². The van der Waals surface area contributed by atoms with Crippen molar-refractivity contribution in [1.82, 2.24) is 4.57 Å². The van der Waals surface area contributed by atoms with Gasteiger partial charge in [0.15, 0.2) is 0 Å². The molecule has 0 aliphatic heterocycles. The summed E-state index contributed by atoms with van der Waals surface area (Å²) < 4.78 is 68.0. The Morgan fingerprint density at radius 1 is 1.18 bits per heavy atom. The van der Waals surface area contributed by atoms with E-state index in [0.29, 0.717) is 22.8 Å². The molecule has 2 aromatic carbocycles. The van der Waals surface area contributed by atoms with Crippen molar-refractivity contribution in [3.63, 3.8) is 0 Å². The topological polar surface area (TPSA) is 68.2 Å². The van der Waals surface area contributed by atoms with Crippen LogP contribution in [0, 0.1) is 0 Å². The fourth-order valence-corrected chi connectivity index (χ4v) is 4.98. The molecule has 0 atom stereocenters. The first-order chi connectivity index (χ1) is 13.0. The first-order valence-electron chi connectivity index (χ1n) is 8.06. The highest BCUT2D eigenvalue weighted by Gasteiger charge is 2.31. The number of hydrogen-bond donors (Lipinski definition) is 1. The number of thiazole rings is 1. The number of aryl methyl sites for hydroxylation is 1. The average Bonchev–Trinajstić information content (AvgIpc) is 2.91. The molecule has 150 valence electrons. The van der Waals surface area contributed by atoms with Crippen molar-refractivity contribution >= 4 is 48.9 Å². The van der Waals surface area contributed by atoms with E-state index in [0.717, 1.165) is 29.9 Å². The number of hydrogen-bond acceptors (Lipinski definition) is 4. The smallest absolute Gasteiger partial charge is 0.299 e. The van der Waals surface area contributed by atoms with Crippen LogP contribution in [0.3, 0.4) is 0 Å². The summed E-state index contributed by atoms with van der Waals surface area (Å²) in [6, 6.07) is 6.49. The summed E-state index contributed by atoms with van der Waals surface area (Å²) in [5.41, 5.74) is -0.804. The number of alkyl halides is 3. The largest absolute Gasteiger partial charge is 0.416 e. The molecule has 3 aromatic rings. The number of benzene rings is 2. The fourth-order valence-electron chi connectivity index (χ4n) is 2.63. The Balaban J connectivity index is 2.01. The lowest BCUT2D eigenvalue weighted by atomic mass is 10.2. The van der Waals surface area contributed by atoms with Crippen LogP contribution in [0.4, 0.5) is 18.9 Å². The number of fused-ring (bicyclic) bond motifs is 1. The van der Waals surface area contributed by atoms with E-state index in [1.807, 2.05) is 6.92 Å². The maximum atomic E-state index is 12.9. The van der Waals surface area contributed by atoms with E-state index < -0.39 is 21.8 Å². The van der Waals surface area contributed by atoms with Crippen LogP contribution in [0.1, 0.15) is 18.9 Å². The van der Waals surface area contributed by atoms with E-state index >= 15 is 0 Å². The van der Waals surface area contributed by atoms with Gasteiger partial charge in [-0.05, 0) is 42.8 Å². The number of nitrogens with one attached hydrogen (secondary N) is 1. The van der Waals surface area contributed by atoms with Crippen molar-refractivity contribution in [2.75, 3.05) is 4.72 Å². The van der Waals surface area contributed by atoms with Crippen LogP contribution in [-0.2, 0) is 22.7 Å². The Labute approximate surface area is 167 Å². The minimum Gasteiger partial charge on any atom is -0.299 e. The van der Waals surface area contributed by atoms with E-state index in [1.54, 1.807) is 4.57 Å². The second kappa shape index (κ2) is 7.41. The van der Waals surface area contributed by atoms with E-state index in [9.17, 15) is 26.4 Å². The van der Waals surface area contributed by atoms with Gasteiger partial charge < -0.3 is 0 Å². The highest BCUT2D eigenvalue weighted by atomic mass is 35.5. The fraction of sp³-hybridized carbons (Fsp3) is 0.235. The summed E-state index contributed by atoms with van der Waals surface area (Å²) in [6.45, 7) is 2.42. The Bertz CT molecular complexity index is 1200. The highest BCUT2D eigenvalue weighted by molar-refractivity contribution is 7.92. The van der Waals surface area contributed by atoms with Gasteiger partial charge in [0.1, 0.15) is 0 Å². The van der Waals surface area contributed by atoms with Gasteiger partial charge in [0, 0.05) is 6.54 Å². The zero-order chi connectivity index (χ0) is 20.7. The summed E-state index contributed by atoms with van der Waals surface area (Å²) in [5.74, 6) is 0. The number of halogens is 4. The quantitative estimate of drug-likeness (QED) is 0.598.